The number of rotatable bonds is 49. The lowest BCUT2D eigenvalue weighted by molar-refractivity contribution is -0.145. The number of carboxylic acids is 2. The monoisotopic (exact) mass is 1560 g/mol. The second-order valence-electron chi connectivity index (χ2n) is 29.0. The van der Waals surface area contributed by atoms with Crippen molar-refractivity contribution >= 4 is 106 Å². The van der Waals surface area contributed by atoms with Crippen molar-refractivity contribution < 1.29 is 96.5 Å². The number of nitrogens with two attached hydrogens (primary N) is 6. The van der Waals surface area contributed by atoms with Gasteiger partial charge in [-0.15, -0.1) is 0 Å². The highest BCUT2D eigenvalue weighted by Gasteiger charge is 2.45. The van der Waals surface area contributed by atoms with Crippen molar-refractivity contribution in [3.63, 3.8) is 0 Å². The number of carboxylic acid groups (broad SMARTS) is 2. The molecule has 0 aromatic carbocycles. The molecule has 0 aliphatic carbocycles. The molecular weight excluding hydrogens is 1440 g/mol. The van der Waals surface area contributed by atoms with Gasteiger partial charge in [-0.3, -0.25) is 81.5 Å². The summed E-state index contributed by atoms with van der Waals surface area (Å²) in [6, 6.07) is -19.4. The third kappa shape index (κ3) is 30.6. The molecule has 0 radical (unpaired) electrons. The highest BCUT2D eigenvalue weighted by atomic mass is 16.4. The van der Waals surface area contributed by atoms with Crippen molar-refractivity contribution in [1.82, 2.24) is 73.2 Å². The molecule has 0 bridgehead atoms. The van der Waals surface area contributed by atoms with Gasteiger partial charge in [0.2, 0.25) is 94.5 Å². The molecule has 3 aliphatic heterocycles. The third-order valence-corrected chi connectivity index (χ3v) is 19.3. The summed E-state index contributed by atoms with van der Waals surface area (Å²) >= 11 is 0. The Bertz CT molecular complexity index is 3230. The predicted octanol–water partition coefficient (Wildman–Crippen LogP) is -6.12. The molecule has 620 valence electrons. The first-order chi connectivity index (χ1) is 51.8. The van der Waals surface area contributed by atoms with Crippen LogP contribution in [0.15, 0.2) is 0 Å². The zero-order valence-electron chi connectivity index (χ0n) is 64.5. The normalized spacial score (nSPS) is 18.7. The number of likely N-dealkylation sites (tertiary alicyclic amines) is 3. The SMILES string of the molecule is CC(C)[C@H](NC(=O)[C@H](CCCCN)NC(=O)[C@H](C)NC(=O)[C@@H]1CCCN1C(=O)[C@H](CCCCN)NC(=O)[C@H](C)NC(=O)[C@H](CCC(N)=O)NC(=O)[C@@H]1CCCN1C(=O)[C@@H](NC(=O)[C@@H]1CCCN1C(=O)[C@H](CCC(=O)O)NC(=O)[C@@H](N)CCCCN)C(C)C)C(=O)N[C@@H](C)C(=O)N[C@@H](C)C(=O)N[C@@H](CCC(N)=O)C(=O)O. The maximum Gasteiger partial charge on any atom is 0.326 e. The van der Waals surface area contributed by atoms with E-state index in [1.165, 1.54) is 42.4 Å². The van der Waals surface area contributed by atoms with Crippen LogP contribution in [0.5, 0.6) is 0 Å². The average molecular weight is 1560 g/mol. The minimum absolute atomic E-state index is 0.0193. The minimum atomic E-state index is -1.52. The van der Waals surface area contributed by atoms with Gasteiger partial charge in [0.15, 0.2) is 0 Å². The van der Waals surface area contributed by atoms with Gasteiger partial charge in [0.1, 0.15) is 84.6 Å². The first-order valence-corrected chi connectivity index (χ1v) is 37.9. The molecule has 0 aromatic heterocycles. The van der Waals surface area contributed by atoms with Crippen molar-refractivity contribution in [3.8, 4) is 0 Å². The van der Waals surface area contributed by atoms with E-state index in [2.05, 4.69) is 58.5 Å². The van der Waals surface area contributed by atoms with Gasteiger partial charge < -0.3 is 118 Å². The molecule has 15 atom stereocenters. The molecule has 3 rings (SSSR count). The summed E-state index contributed by atoms with van der Waals surface area (Å²) in [6.45, 7) is 12.7. The molecule has 3 fully saturated rings. The number of nitrogens with one attached hydrogen (secondary N) is 11. The summed E-state index contributed by atoms with van der Waals surface area (Å²) < 4.78 is 0. The van der Waals surface area contributed by atoms with Crippen molar-refractivity contribution in [3.05, 3.63) is 0 Å². The highest BCUT2D eigenvalue weighted by molar-refractivity contribution is 6.01. The quantitative estimate of drug-likeness (QED) is 0.0252. The molecule has 0 saturated carbocycles. The van der Waals surface area contributed by atoms with Crippen LogP contribution in [0.4, 0.5) is 0 Å². The van der Waals surface area contributed by atoms with E-state index in [0.717, 1.165) is 0 Å². The van der Waals surface area contributed by atoms with Gasteiger partial charge in [0, 0.05) is 38.9 Å². The number of aliphatic carboxylic acids is 2. The maximum atomic E-state index is 14.6. The lowest BCUT2D eigenvalue weighted by Crippen LogP contribution is -2.60. The first-order valence-electron chi connectivity index (χ1n) is 37.9. The van der Waals surface area contributed by atoms with Gasteiger partial charge in [-0.1, -0.05) is 34.1 Å². The van der Waals surface area contributed by atoms with Gasteiger partial charge in [-0.05, 0) is 168 Å². The fraction of sp³-hybridized carbons (Fsp3) is 0.743. The second kappa shape index (κ2) is 47.4. The Kier molecular flexibility index (Phi) is 40.7. The van der Waals surface area contributed by atoms with E-state index in [9.17, 15) is 96.5 Å². The molecule has 40 nitrogen and oxygen atoms in total. The van der Waals surface area contributed by atoms with Gasteiger partial charge in [-0.25, -0.2) is 4.79 Å². The number of unbranched alkanes of at least 4 members (excludes halogenated alkanes) is 3. The Morgan fingerprint density at radius 1 is 0.345 bits per heavy atom. The van der Waals surface area contributed by atoms with Gasteiger partial charge in [0.05, 0.1) is 6.04 Å². The lowest BCUT2D eigenvalue weighted by atomic mass is 10.0. The molecule has 25 N–H and O–H groups in total. The summed E-state index contributed by atoms with van der Waals surface area (Å²) in [5, 5.41) is 47.0. The number of amides is 16. The van der Waals surface area contributed by atoms with E-state index in [4.69, 9.17) is 34.4 Å². The summed E-state index contributed by atoms with van der Waals surface area (Å²) in [7, 11) is 0. The number of hydrogen-bond acceptors (Lipinski definition) is 22. The van der Waals surface area contributed by atoms with Crippen LogP contribution in [0.2, 0.25) is 0 Å². The van der Waals surface area contributed by atoms with Crippen LogP contribution >= 0.6 is 0 Å². The van der Waals surface area contributed by atoms with Crippen LogP contribution in [0.25, 0.3) is 0 Å². The summed E-state index contributed by atoms with van der Waals surface area (Å²) in [4.78, 5) is 245. The van der Waals surface area contributed by atoms with Crippen molar-refractivity contribution in [2.75, 3.05) is 39.3 Å². The zero-order valence-corrected chi connectivity index (χ0v) is 64.5. The largest absolute Gasteiger partial charge is 0.481 e. The topological polar surface area (TPSA) is 646 Å². The second-order valence-corrected chi connectivity index (χ2v) is 29.0. The highest BCUT2D eigenvalue weighted by Crippen LogP contribution is 2.25. The van der Waals surface area contributed by atoms with Crippen LogP contribution in [0.3, 0.4) is 0 Å². The number of hydrogen-bond donors (Lipinski definition) is 19. The Morgan fingerprint density at radius 2 is 0.682 bits per heavy atom. The summed E-state index contributed by atoms with van der Waals surface area (Å²) in [5.74, 6) is -16.6. The minimum Gasteiger partial charge on any atom is -0.481 e. The fourth-order valence-electron chi connectivity index (χ4n) is 12.8. The van der Waals surface area contributed by atoms with Crippen LogP contribution in [0, 0.1) is 11.8 Å². The van der Waals surface area contributed by atoms with Gasteiger partial charge in [-0.2, -0.15) is 0 Å². The van der Waals surface area contributed by atoms with E-state index in [-0.39, 0.29) is 96.9 Å². The predicted molar refractivity (Wildman–Crippen MR) is 396 cm³/mol. The number of nitrogens with zero attached hydrogens (tertiary/aromatic N) is 3. The first kappa shape index (κ1) is 94.5. The van der Waals surface area contributed by atoms with E-state index < -0.39 is 222 Å². The Balaban J connectivity index is 1.73. The Labute approximate surface area is 640 Å². The van der Waals surface area contributed by atoms with E-state index in [1.807, 2.05) is 0 Å². The molecule has 3 saturated heterocycles. The van der Waals surface area contributed by atoms with Gasteiger partial charge >= 0.3 is 11.9 Å². The standard InChI is InChI=1S/C70H120N20O20/c1-36(2)54(66(105)80-38(5)56(95)77-39(6)59(98)85-47(70(109)110)25-28-52(76)92)86-62(101)43(19-10-13-31-72)81-57(96)41(8)79-63(102)48-21-15-33-88(48)67(106)45(20-11-14-32-73)83-58(97)40(7)78-61(100)44(24-27-51(75)91)82-64(103)49-22-17-35-90(49)69(108)55(37(3)4)87-65(104)50-23-16-34-89(50)68(107)46(26-29-53(93)94)84-60(99)42(74)18-9-12-30-71/h36-50,54-55H,9-35,71-74H2,1-8H3,(H2,75,91)(H2,76,92)(H,77,95)(H,78,100)(H,79,102)(H,80,105)(H,81,96)(H,82,103)(H,83,97)(H,84,99)(H,85,98)(H,86,101)(H,87,104)(H,93,94)(H,109,110)/t38-,39-,40-,41-,42-,43-,44-,45-,46-,47-,48-,49-,50-,54-,55-/m0/s1. The van der Waals surface area contributed by atoms with Crippen molar-refractivity contribution in [1.29, 1.82) is 0 Å². The van der Waals surface area contributed by atoms with E-state index in [1.54, 1.807) is 27.7 Å². The molecule has 40 heteroatoms. The van der Waals surface area contributed by atoms with Crippen LogP contribution < -0.4 is 92.9 Å². The molecule has 110 heavy (non-hydrogen) atoms. The third-order valence-electron chi connectivity index (χ3n) is 19.3. The Morgan fingerprint density at radius 3 is 1.13 bits per heavy atom. The molecular formula is C70H120N20O20. The van der Waals surface area contributed by atoms with Crippen LogP contribution in [-0.2, 0) is 86.3 Å². The summed E-state index contributed by atoms with van der Waals surface area (Å²) in [6.07, 6.45) is 2.08. The molecule has 3 aliphatic rings. The van der Waals surface area contributed by atoms with E-state index in [0.29, 0.717) is 64.3 Å². The molecule has 0 aromatic rings. The molecule has 0 unspecified atom stereocenters. The maximum absolute atomic E-state index is 14.6. The van der Waals surface area contributed by atoms with Crippen molar-refractivity contribution in [2.24, 2.45) is 46.2 Å². The Hall–Kier alpha value is -9.70. The summed E-state index contributed by atoms with van der Waals surface area (Å²) in [5.41, 5.74) is 33.8. The molecule has 16 amide bonds. The van der Waals surface area contributed by atoms with E-state index >= 15 is 0 Å². The lowest BCUT2D eigenvalue weighted by Gasteiger charge is -2.33. The van der Waals surface area contributed by atoms with Crippen molar-refractivity contribution in [2.45, 2.75) is 281 Å². The smallest absolute Gasteiger partial charge is 0.326 e. The zero-order chi connectivity index (χ0) is 82.8. The van der Waals surface area contributed by atoms with Crippen LogP contribution in [0.1, 0.15) is 190 Å². The average Bonchev–Trinajstić information content (AvgIpc) is 1.64. The number of carbonyl (C=O) groups excluding carboxylic acids is 16. The van der Waals surface area contributed by atoms with Crippen LogP contribution in [-0.4, -0.2) is 261 Å². The molecule has 0 spiro atoms. The number of primary amides is 2. The fourth-order valence-corrected chi connectivity index (χ4v) is 12.8. The molecule has 3 heterocycles. The number of carbonyl (C=O) groups is 18. The van der Waals surface area contributed by atoms with Gasteiger partial charge in [0.25, 0.3) is 0 Å².